The van der Waals surface area contributed by atoms with E-state index in [0.29, 0.717) is 11.7 Å². The number of thiocarbonyl (C=S) groups is 1. The minimum absolute atomic E-state index is 0.625. The second-order valence-corrected chi connectivity index (χ2v) is 6.67. The van der Waals surface area contributed by atoms with Gasteiger partial charge in [-0.2, -0.15) is 0 Å². The van der Waals surface area contributed by atoms with Gasteiger partial charge in [0.25, 0.3) is 0 Å². The maximum Gasteiger partial charge on any atom is 0.171 e. The molecule has 0 amide bonds. The lowest BCUT2D eigenvalue weighted by molar-refractivity contribution is 0.934. The van der Waals surface area contributed by atoms with Gasteiger partial charge in [0, 0.05) is 16.7 Å². The average Bonchev–Trinajstić information content (AvgIpc) is 2.56. The molecular weight excluding hydrogens is 368 g/mol. The molecular formula is C19H17BrN2S. The minimum Gasteiger partial charge on any atom is -0.358 e. The minimum atomic E-state index is 0.625. The molecule has 2 N–H and O–H groups in total. The molecule has 4 heteroatoms. The van der Waals surface area contributed by atoms with Crippen molar-refractivity contribution in [2.45, 2.75) is 13.5 Å². The molecule has 0 saturated heterocycles. The molecule has 0 spiro atoms. The number of hydrogen-bond acceptors (Lipinski definition) is 1. The summed E-state index contributed by atoms with van der Waals surface area (Å²) in [7, 11) is 0. The zero-order valence-electron chi connectivity index (χ0n) is 12.8. The highest BCUT2D eigenvalue weighted by Crippen LogP contribution is 2.20. The Bertz CT molecular complexity index is 856. The Kier molecular flexibility index (Phi) is 4.94. The van der Waals surface area contributed by atoms with E-state index in [0.717, 1.165) is 10.2 Å². The molecule has 116 valence electrons. The van der Waals surface area contributed by atoms with Crippen LogP contribution in [0.3, 0.4) is 0 Å². The summed E-state index contributed by atoms with van der Waals surface area (Å²) < 4.78 is 1.10. The summed E-state index contributed by atoms with van der Waals surface area (Å²) in [5.41, 5.74) is 3.40. The van der Waals surface area contributed by atoms with Crippen molar-refractivity contribution in [3.8, 4) is 0 Å². The van der Waals surface area contributed by atoms with E-state index in [2.05, 4.69) is 82.0 Å². The van der Waals surface area contributed by atoms with Crippen molar-refractivity contribution in [1.29, 1.82) is 0 Å². The Labute approximate surface area is 150 Å². The van der Waals surface area contributed by atoms with Gasteiger partial charge in [-0.25, -0.2) is 0 Å². The Morgan fingerprint density at radius 2 is 1.83 bits per heavy atom. The molecule has 0 atom stereocenters. The van der Waals surface area contributed by atoms with Crippen LogP contribution >= 0.6 is 28.1 Å². The highest BCUT2D eigenvalue weighted by atomic mass is 79.9. The maximum atomic E-state index is 5.40. The first-order valence-corrected chi connectivity index (χ1v) is 8.61. The molecule has 2 nitrogen and oxygen atoms in total. The lowest BCUT2D eigenvalue weighted by Gasteiger charge is -2.13. The number of aryl methyl sites for hydroxylation is 1. The smallest absolute Gasteiger partial charge is 0.171 e. The van der Waals surface area contributed by atoms with Crippen LogP contribution in [0.2, 0.25) is 0 Å². The Morgan fingerprint density at radius 3 is 2.65 bits per heavy atom. The van der Waals surface area contributed by atoms with Crippen LogP contribution in [0, 0.1) is 6.92 Å². The SMILES string of the molecule is Cc1cc(NC(=S)NCc2cccc3ccccc23)ccc1Br. The summed E-state index contributed by atoms with van der Waals surface area (Å²) in [4.78, 5) is 0. The molecule has 0 fully saturated rings. The van der Waals surface area contributed by atoms with Crippen molar-refractivity contribution >= 4 is 49.7 Å². The Morgan fingerprint density at radius 1 is 1.04 bits per heavy atom. The Balaban J connectivity index is 1.67. The molecule has 0 aliphatic heterocycles. The molecule has 0 aromatic heterocycles. The van der Waals surface area contributed by atoms with Gasteiger partial charge in [0.2, 0.25) is 0 Å². The number of halogens is 1. The van der Waals surface area contributed by atoms with Crippen molar-refractivity contribution in [1.82, 2.24) is 5.32 Å². The first-order valence-electron chi connectivity index (χ1n) is 7.41. The number of nitrogens with one attached hydrogen (secondary N) is 2. The highest BCUT2D eigenvalue weighted by molar-refractivity contribution is 9.10. The second-order valence-electron chi connectivity index (χ2n) is 5.41. The van der Waals surface area contributed by atoms with Gasteiger partial charge < -0.3 is 10.6 Å². The van der Waals surface area contributed by atoms with Crippen molar-refractivity contribution < 1.29 is 0 Å². The van der Waals surface area contributed by atoms with E-state index in [4.69, 9.17) is 12.2 Å². The van der Waals surface area contributed by atoms with Crippen molar-refractivity contribution in [2.24, 2.45) is 0 Å². The molecule has 0 unspecified atom stereocenters. The van der Waals surface area contributed by atoms with Crippen molar-refractivity contribution in [2.75, 3.05) is 5.32 Å². The van der Waals surface area contributed by atoms with Crippen LogP contribution in [0.5, 0.6) is 0 Å². The van der Waals surface area contributed by atoms with Gasteiger partial charge in [-0.05, 0) is 59.2 Å². The van der Waals surface area contributed by atoms with E-state index in [-0.39, 0.29) is 0 Å². The molecule has 3 aromatic rings. The average molecular weight is 385 g/mol. The van der Waals surface area contributed by atoms with Crippen molar-refractivity contribution in [3.63, 3.8) is 0 Å². The van der Waals surface area contributed by atoms with Crippen LogP contribution in [0.15, 0.2) is 65.1 Å². The van der Waals surface area contributed by atoms with E-state index >= 15 is 0 Å². The molecule has 0 heterocycles. The highest BCUT2D eigenvalue weighted by Gasteiger charge is 2.03. The first kappa shape index (κ1) is 16.0. The van der Waals surface area contributed by atoms with Crippen LogP contribution in [0.1, 0.15) is 11.1 Å². The fourth-order valence-corrected chi connectivity index (χ4v) is 2.96. The molecule has 0 saturated carbocycles. The first-order chi connectivity index (χ1) is 11.1. The summed E-state index contributed by atoms with van der Waals surface area (Å²) in [6, 6.07) is 20.8. The summed E-state index contributed by atoms with van der Waals surface area (Å²) in [6.45, 7) is 2.75. The molecule has 0 aliphatic carbocycles. The van der Waals surface area contributed by atoms with E-state index < -0.39 is 0 Å². The summed E-state index contributed by atoms with van der Waals surface area (Å²) in [6.07, 6.45) is 0. The molecule has 23 heavy (non-hydrogen) atoms. The molecule has 0 aliphatic rings. The zero-order chi connectivity index (χ0) is 16.2. The molecule has 3 aromatic carbocycles. The lowest BCUT2D eigenvalue weighted by Crippen LogP contribution is -2.27. The fourth-order valence-electron chi connectivity index (χ4n) is 2.52. The van der Waals surface area contributed by atoms with E-state index in [1.54, 1.807) is 0 Å². The van der Waals surface area contributed by atoms with E-state index in [1.165, 1.54) is 21.9 Å². The van der Waals surface area contributed by atoms with Gasteiger partial charge >= 0.3 is 0 Å². The largest absolute Gasteiger partial charge is 0.358 e. The summed E-state index contributed by atoms with van der Waals surface area (Å²) in [5, 5.41) is 9.63. The van der Waals surface area contributed by atoms with E-state index in [9.17, 15) is 0 Å². The van der Waals surface area contributed by atoms with Gasteiger partial charge in [-0.15, -0.1) is 0 Å². The number of hydrogen-bond donors (Lipinski definition) is 2. The van der Waals surface area contributed by atoms with E-state index in [1.807, 2.05) is 12.1 Å². The van der Waals surface area contributed by atoms with Crippen LogP contribution in [0.4, 0.5) is 5.69 Å². The quantitative estimate of drug-likeness (QED) is 0.591. The predicted octanol–water partition coefficient (Wildman–Crippen LogP) is 5.40. The van der Waals surface area contributed by atoms with Gasteiger partial charge in [0.1, 0.15) is 0 Å². The topological polar surface area (TPSA) is 24.1 Å². The second kappa shape index (κ2) is 7.11. The number of fused-ring (bicyclic) bond motifs is 1. The van der Waals surface area contributed by atoms with Crippen LogP contribution in [-0.2, 0) is 6.54 Å². The van der Waals surface area contributed by atoms with Gasteiger partial charge in [0.15, 0.2) is 5.11 Å². The van der Waals surface area contributed by atoms with Crippen LogP contribution in [-0.4, -0.2) is 5.11 Å². The molecule has 3 rings (SSSR count). The molecule has 0 bridgehead atoms. The van der Waals surface area contributed by atoms with Crippen LogP contribution in [0.25, 0.3) is 10.8 Å². The number of anilines is 1. The van der Waals surface area contributed by atoms with Crippen molar-refractivity contribution in [3.05, 3.63) is 76.3 Å². The number of rotatable bonds is 3. The standard InChI is InChI=1S/C19H17BrN2S/c1-13-11-16(9-10-18(13)20)22-19(23)21-12-15-7-4-6-14-5-2-3-8-17(14)15/h2-11H,12H2,1H3,(H2,21,22,23). The van der Waals surface area contributed by atoms with Crippen LogP contribution < -0.4 is 10.6 Å². The maximum absolute atomic E-state index is 5.40. The third kappa shape index (κ3) is 3.89. The lowest BCUT2D eigenvalue weighted by atomic mass is 10.0. The Hall–Kier alpha value is -1.91. The van der Waals surface area contributed by atoms with Gasteiger partial charge in [0.05, 0.1) is 0 Å². The van der Waals surface area contributed by atoms with Gasteiger partial charge in [-0.1, -0.05) is 58.4 Å². The zero-order valence-corrected chi connectivity index (χ0v) is 15.2. The fraction of sp³-hybridized carbons (Fsp3) is 0.105. The third-order valence-electron chi connectivity index (χ3n) is 3.74. The molecule has 0 radical (unpaired) electrons. The third-order valence-corrected chi connectivity index (χ3v) is 4.87. The summed E-state index contributed by atoms with van der Waals surface area (Å²) in [5.74, 6) is 0. The predicted molar refractivity (Wildman–Crippen MR) is 106 cm³/mol. The summed E-state index contributed by atoms with van der Waals surface area (Å²) >= 11 is 8.90. The monoisotopic (exact) mass is 384 g/mol. The van der Waals surface area contributed by atoms with Gasteiger partial charge in [-0.3, -0.25) is 0 Å². The normalized spacial score (nSPS) is 10.5. The number of benzene rings is 3.